The van der Waals surface area contributed by atoms with Crippen molar-refractivity contribution in [2.75, 3.05) is 5.32 Å². The van der Waals surface area contributed by atoms with Crippen LogP contribution in [-0.2, 0) is 11.0 Å². The zero-order valence-corrected chi connectivity index (χ0v) is 15.3. The van der Waals surface area contributed by atoms with Crippen LogP contribution >= 0.6 is 0 Å². The average molecular weight is 399 g/mol. The lowest BCUT2D eigenvalue weighted by atomic mass is 10.1. The number of hydrogen-bond donors (Lipinski definition) is 1. The van der Waals surface area contributed by atoms with Crippen LogP contribution in [-0.4, -0.2) is 11.7 Å². The molecular weight excluding hydrogens is 383 g/mol. The lowest BCUT2D eigenvalue weighted by Gasteiger charge is -2.07. The third kappa shape index (κ3) is 5.22. The molecule has 0 spiro atoms. The van der Waals surface area contributed by atoms with Crippen LogP contribution in [0.5, 0.6) is 0 Å². The first kappa shape index (κ1) is 20.1. The van der Waals surface area contributed by atoms with E-state index in [1.54, 1.807) is 30.3 Å². The van der Waals surface area contributed by atoms with Crippen molar-refractivity contribution in [3.05, 3.63) is 83.6 Å². The molecule has 148 valence electrons. The molecule has 0 aliphatic carbocycles. The van der Waals surface area contributed by atoms with Crippen LogP contribution in [0.4, 0.5) is 18.9 Å². The number of hydrogen-bond acceptors (Lipinski definition) is 3. The Labute approximate surface area is 164 Å². The van der Waals surface area contributed by atoms with Crippen LogP contribution in [0.2, 0.25) is 0 Å². The standard InChI is InChI=1S/C22H16F3NO3/c1-14(27)26-18-7-3-4-15(13-18)20(28)10-8-19-9-11-21(29-19)16-5-2-6-17(12-16)22(23,24)25/h2-13H,1H3,(H,26,27)/b10-8+. The van der Waals surface area contributed by atoms with Crippen molar-refractivity contribution in [2.45, 2.75) is 13.1 Å². The molecule has 1 heterocycles. The van der Waals surface area contributed by atoms with Crippen LogP contribution in [0.3, 0.4) is 0 Å². The molecule has 1 N–H and O–H groups in total. The van der Waals surface area contributed by atoms with E-state index in [1.165, 1.54) is 37.3 Å². The van der Waals surface area contributed by atoms with Gasteiger partial charge in [-0.2, -0.15) is 13.2 Å². The number of anilines is 1. The quantitative estimate of drug-likeness (QED) is 0.434. The van der Waals surface area contributed by atoms with Gasteiger partial charge in [-0.3, -0.25) is 9.59 Å². The van der Waals surface area contributed by atoms with Gasteiger partial charge in [-0.05, 0) is 48.6 Å². The molecule has 0 atom stereocenters. The molecule has 7 heteroatoms. The Morgan fingerprint density at radius 1 is 1.00 bits per heavy atom. The number of alkyl halides is 3. The topological polar surface area (TPSA) is 59.3 Å². The number of furan rings is 1. The first-order valence-corrected chi connectivity index (χ1v) is 8.60. The van der Waals surface area contributed by atoms with Crippen molar-refractivity contribution in [3.63, 3.8) is 0 Å². The predicted octanol–water partition coefficient (Wildman–Crippen LogP) is 5.82. The molecule has 1 aromatic heterocycles. The first-order valence-electron chi connectivity index (χ1n) is 8.60. The lowest BCUT2D eigenvalue weighted by molar-refractivity contribution is -0.137. The average Bonchev–Trinajstić information content (AvgIpc) is 3.14. The first-order chi connectivity index (χ1) is 13.7. The minimum Gasteiger partial charge on any atom is -0.457 e. The van der Waals surface area contributed by atoms with E-state index in [2.05, 4.69) is 5.32 Å². The van der Waals surface area contributed by atoms with Crippen LogP contribution in [0, 0.1) is 0 Å². The van der Waals surface area contributed by atoms with Crippen LogP contribution in [0.15, 0.2) is 71.2 Å². The molecule has 0 radical (unpaired) electrons. The van der Waals surface area contributed by atoms with Gasteiger partial charge in [0.15, 0.2) is 5.78 Å². The van der Waals surface area contributed by atoms with E-state index >= 15 is 0 Å². The van der Waals surface area contributed by atoms with Crippen molar-refractivity contribution < 1.29 is 27.2 Å². The molecule has 29 heavy (non-hydrogen) atoms. The van der Waals surface area contributed by atoms with Crippen LogP contribution in [0.1, 0.15) is 28.6 Å². The van der Waals surface area contributed by atoms with Crippen molar-refractivity contribution >= 4 is 23.5 Å². The van der Waals surface area contributed by atoms with E-state index in [1.807, 2.05) is 0 Å². The summed E-state index contributed by atoms with van der Waals surface area (Å²) in [6, 6.07) is 14.4. The molecule has 0 fully saturated rings. The van der Waals surface area contributed by atoms with Crippen molar-refractivity contribution in [3.8, 4) is 11.3 Å². The number of carbonyl (C=O) groups excluding carboxylic acids is 2. The van der Waals surface area contributed by atoms with E-state index < -0.39 is 11.7 Å². The lowest BCUT2D eigenvalue weighted by Crippen LogP contribution is -2.06. The maximum Gasteiger partial charge on any atom is 0.416 e. The maximum absolute atomic E-state index is 12.9. The van der Waals surface area contributed by atoms with E-state index in [4.69, 9.17) is 4.42 Å². The highest BCUT2D eigenvalue weighted by Crippen LogP contribution is 2.32. The number of amides is 1. The number of nitrogens with one attached hydrogen (secondary N) is 1. The molecule has 0 aliphatic heterocycles. The molecule has 0 bridgehead atoms. The summed E-state index contributed by atoms with van der Waals surface area (Å²) in [4.78, 5) is 23.4. The minimum absolute atomic E-state index is 0.247. The molecule has 3 aromatic rings. The van der Waals surface area contributed by atoms with Crippen molar-refractivity contribution in [1.29, 1.82) is 0 Å². The zero-order chi connectivity index (χ0) is 21.0. The van der Waals surface area contributed by atoms with E-state index in [-0.39, 0.29) is 23.0 Å². The van der Waals surface area contributed by atoms with E-state index in [0.717, 1.165) is 12.1 Å². The zero-order valence-electron chi connectivity index (χ0n) is 15.3. The maximum atomic E-state index is 12.9. The van der Waals surface area contributed by atoms with E-state index in [0.29, 0.717) is 17.0 Å². The molecule has 4 nitrogen and oxygen atoms in total. The summed E-state index contributed by atoms with van der Waals surface area (Å²) in [5, 5.41) is 2.60. The van der Waals surface area contributed by atoms with Gasteiger partial charge in [0.25, 0.3) is 0 Å². The molecule has 0 unspecified atom stereocenters. The Balaban J connectivity index is 1.76. The molecule has 0 saturated carbocycles. The fourth-order valence-corrected chi connectivity index (χ4v) is 2.65. The smallest absolute Gasteiger partial charge is 0.416 e. The molecule has 0 aliphatic rings. The third-order valence-corrected chi connectivity index (χ3v) is 3.97. The summed E-state index contributed by atoms with van der Waals surface area (Å²) < 4.78 is 44.1. The van der Waals surface area contributed by atoms with Gasteiger partial charge < -0.3 is 9.73 Å². The monoisotopic (exact) mass is 399 g/mol. The van der Waals surface area contributed by atoms with Gasteiger partial charge in [0.05, 0.1) is 5.56 Å². The molecular formula is C22H16F3NO3. The highest BCUT2D eigenvalue weighted by molar-refractivity contribution is 6.07. The second-order valence-corrected chi connectivity index (χ2v) is 6.24. The highest BCUT2D eigenvalue weighted by atomic mass is 19.4. The normalized spacial score (nSPS) is 11.6. The Bertz CT molecular complexity index is 1080. The summed E-state index contributed by atoms with van der Waals surface area (Å²) in [7, 11) is 0. The summed E-state index contributed by atoms with van der Waals surface area (Å²) in [6.45, 7) is 1.37. The van der Waals surface area contributed by atoms with Crippen molar-refractivity contribution in [1.82, 2.24) is 0 Å². The Kier molecular flexibility index (Phi) is 5.68. The van der Waals surface area contributed by atoms with Crippen LogP contribution in [0.25, 0.3) is 17.4 Å². The van der Waals surface area contributed by atoms with E-state index in [9.17, 15) is 22.8 Å². The van der Waals surface area contributed by atoms with Gasteiger partial charge in [0, 0.05) is 23.7 Å². The second kappa shape index (κ2) is 8.18. The molecule has 3 rings (SSSR count). The van der Waals surface area contributed by atoms with Gasteiger partial charge >= 0.3 is 6.18 Å². The summed E-state index contributed by atoms with van der Waals surface area (Å²) in [5.74, 6) is 0.0247. The highest BCUT2D eigenvalue weighted by Gasteiger charge is 2.30. The minimum atomic E-state index is -4.44. The Hall–Kier alpha value is -3.61. The number of halogens is 3. The molecule has 1 amide bonds. The predicted molar refractivity (Wildman–Crippen MR) is 103 cm³/mol. The van der Waals surface area contributed by atoms with Gasteiger partial charge in [0.2, 0.25) is 5.91 Å². The SMILES string of the molecule is CC(=O)Nc1cccc(C(=O)/C=C/c2ccc(-c3cccc(C(F)(F)F)c3)o2)c1. The number of allylic oxidation sites excluding steroid dienone is 1. The van der Waals surface area contributed by atoms with Gasteiger partial charge in [0.1, 0.15) is 11.5 Å². The number of ketones is 1. The van der Waals surface area contributed by atoms with Gasteiger partial charge in [-0.25, -0.2) is 0 Å². The number of rotatable bonds is 5. The van der Waals surface area contributed by atoms with Crippen LogP contribution < -0.4 is 5.32 Å². The second-order valence-electron chi connectivity index (χ2n) is 6.24. The summed E-state index contributed by atoms with van der Waals surface area (Å²) in [5.41, 5.74) is 0.394. The third-order valence-electron chi connectivity index (χ3n) is 3.97. The Morgan fingerprint density at radius 2 is 1.76 bits per heavy atom. The number of benzene rings is 2. The summed E-state index contributed by atoms with van der Waals surface area (Å²) >= 11 is 0. The molecule has 0 saturated heterocycles. The van der Waals surface area contributed by atoms with Gasteiger partial charge in [-0.1, -0.05) is 24.3 Å². The fourth-order valence-electron chi connectivity index (χ4n) is 2.65. The summed E-state index contributed by atoms with van der Waals surface area (Å²) in [6.07, 6.45) is -1.71. The number of carbonyl (C=O) groups is 2. The molecule has 2 aromatic carbocycles. The van der Waals surface area contributed by atoms with Gasteiger partial charge in [-0.15, -0.1) is 0 Å². The largest absolute Gasteiger partial charge is 0.457 e. The fraction of sp³-hybridized carbons (Fsp3) is 0.0909. The Morgan fingerprint density at radius 3 is 2.48 bits per heavy atom. The van der Waals surface area contributed by atoms with Crippen molar-refractivity contribution in [2.24, 2.45) is 0 Å².